The molecule has 0 amide bonds. The molecule has 0 aromatic heterocycles. The normalized spacial score (nSPS) is 19.9. The van der Waals surface area contributed by atoms with Crippen LogP contribution in [-0.2, 0) is 0 Å². The van der Waals surface area contributed by atoms with Gasteiger partial charge in [0.2, 0.25) is 0 Å². The van der Waals surface area contributed by atoms with Crippen molar-refractivity contribution >= 4 is 5.69 Å². The van der Waals surface area contributed by atoms with Crippen LogP contribution in [0, 0.1) is 0 Å². The first-order chi connectivity index (χ1) is 9.81. The Kier molecular flexibility index (Phi) is 4.28. The van der Waals surface area contributed by atoms with Crippen molar-refractivity contribution in [3.63, 3.8) is 0 Å². The molecule has 0 spiro atoms. The van der Waals surface area contributed by atoms with Gasteiger partial charge < -0.3 is 24.8 Å². The average molecular weight is 278 g/mol. The van der Waals surface area contributed by atoms with E-state index in [0.717, 1.165) is 36.8 Å². The molecule has 5 nitrogen and oxygen atoms in total. The predicted octanol–water partition coefficient (Wildman–Crippen LogP) is 1.33. The summed E-state index contributed by atoms with van der Waals surface area (Å²) in [5.41, 5.74) is 0.953. The molecule has 5 heteroatoms. The molecule has 1 saturated heterocycles. The SMILES string of the molecule is OC(CNc1ccc2c(c1)OCCO2)CN1CCCC1. The van der Waals surface area contributed by atoms with E-state index in [1.165, 1.54) is 12.8 Å². The number of nitrogens with one attached hydrogen (secondary N) is 1. The number of β-amino-alcohol motifs (C(OH)–C–C–N with tert-alkyl or cyclic N) is 1. The second-order valence-corrected chi connectivity index (χ2v) is 5.40. The zero-order chi connectivity index (χ0) is 13.8. The van der Waals surface area contributed by atoms with Gasteiger partial charge in [0.1, 0.15) is 13.2 Å². The minimum atomic E-state index is -0.346. The molecule has 2 aliphatic heterocycles. The summed E-state index contributed by atoms with van der Waals surface area (Å²) in [6.45, 7) is 4.72. The summed E-state index contributed by atoms with van der Waals surface area (Å²) in [4.78, 5) is 2.32. The molecule has 0 saturated carbocycles. The van der Waals surface area contributed by atoms with E-state index in [1.54, 1.807) is 0 Å². The van der Waals surface area contributed by atoms with Crippen LogP contribution in [0.25, 0.3) is 0 Å². The molecule has 20 heavy (non-hydrogen) atoms. The van der Waals surface area contributed by atoms with Crippen LogP contribution in [0.15, 0.2) is 18.2 Å². The van der Waals surface area contributed by atoms with E-state index < -0.39 is 0 Å². The number of likely N-dealkylation sites (tertiary alicyclic amines) is 1. The lowest BCUT2D eigenvalue weighted by Crippen LogP contribution is -2.34. The molecule has 2 aliphatic rings. The second kappa shape index (κ2) is 6.33. The lowest BCUT2D eigenvalue weighted by molar-refractivity contribution is 0.135. The average Bonchev–Trinajstić information content (AvgIpc) is 2.98. The molecule has 1 aromatic carbocycles. The lowest BCUT2D eigenvalue weighted by atomic mass is 10.2. The number of anilines is 1. The highest BCUT2D eigenvalue weighted by Gasteiger charge is 2.16. The molecule has 3 rings (SSSR count). The van der Waals surface area contributed by atoms with Gasteiger partial charge in [-0.3, -0.25) is 0 Å². The Balaban J connectivity index is 1.50. The minimum Gasteiger partial charge on any atom is -0.486 e. The molecule has 2 N–H and O–H groups in total. The Morgan fingerprint density at radius 1 is 1.15 bits per heavy atom. The topological polar surface area (TPSA) is 54.0 Å². The quantitative estimate of drug-likeness (QED) is 0.851. The van der Waals surface area contributed by atoms with E-state index in [1.807, 2.05) is 18.2 Å². The van der Waals surface area contributed by atoms with Gasteiger partial charge in [-0.25, -0.2) is 0 Å². The summed E-state index contributed by atoms with van der Waals surface area (Å²) < 4.78 is 11.0. The molecular weight excluding hydrogens is 256 g/mol. The molecule has 0 radical (unpaired) electrons. The van der Waals surface area contributed by atoms with E-state index in [2.05, 4.69) is 10.2 Å². The monoisotopic (exact) mass is 278 g/mol. The summed E-state index contributed by atoms with van der Waals surface area (Å²) in [7, 11) is 0. The third kappa shape index (κ3) is 3.35. The van der Waals surface area contributed by atoms with E-state index in [4.69, 9.17) is 9.47 Å². The van der Waals surface area contributed by atoms with Crippen LogP contribution in [0.3, 0.4) is 0 Å². The summed E-state index contributed by atoms with van der Waals surface area (Å²) in [6.07, 6.45) is 2.16. The lowest BCUT2D eigenvalue weighted by Gasteiger charge is -2.21. The van der Waals surface area contributed by atoms with Crippen LogP contribution in [-0.4, -0.2) is 55.5 Å². The Bertz CT molecular complexity index is 447. The number of fused-ring (bicyclic) bond motifs is 1. The Morgan fingerprint density at radius 2 is 1.90 bits per heavy atom. The molecule has 1 fully saturated rings. The van der Waals surface area contributed by atoms with Gasteiger partial charge in [-0.2, -0.15) is 0 Å². The summed E-state index contributed by atoms with van der Waals surface area (Å²) in [6, 6.07) is 5.79. The maximum Gasteiger partial charge on any atom is 0.163 e. The molecule has 1 aromatic rings. The van der Waals surface area contributed by atoms with E-state index in [9.17, 15) is 5.11 Å². The largest absolute Gasteiger partial charge is 0.486 e. The van der Waals surface area contributed by atoms with Crippen LogP contribution >= 0.6 is 0 Å². The fraction of sp³-hybridized carbons (Fsp3) is 0.600. The first-order valence-corrected chi connectivity index (χ1v) is 7.35. The standard InChI is InChI=1S/C15H22N2O3/c18-13(11-17-5-1-2-6-17)10-16-12-3-4-14-15(9-12)20-8-7-19-14/h3-4,9,13,16,18H,1-2,5-8,10-11H2. The highest BCUT2D eigenvalue weighted by atomic mass is 16.6. The fourth-order valence-corrected chi connectivity index (χ4v) is 2.72. The van der Waals surface area contributed by atoms with Crippen molar-refractivity contribution in [1.29, 1.82) is 0 Å². The van der Waals surface area contributed by atoms with E-state index in [0.29, 0.717) is 19.8 Å². The van der Waals surface area contributed by atoms with E-state index >= 15 is 0 Å². The number of nitrogens with zero attached hydrogens (tertiary/aromatic N) is 1. The first-order valence-electron chi connectivity index (χ1n) is 7.35. The van der Waals surface area contributed by atoms with Gasteiger partial charge in [0.25, 0.3) is 0 Å². The maximum atomic E-state index is 10.0. The van der Waals surface area contributed by atoms with Crippen LogP contribution in [0.2, 0.25) is 0 Å². The number of ether oxygens (including phenoxy) is 2. The van der Waals surface area contributed by atoms with Crippen molar-refractivity contribution in [2.45, 2.75) is 18.9 Å². The van der Waals surface area contributed by atoms with Crippen LogP contribution in [0.5, 0.6) is 11.5 Å². The molecule has 2 heterocycles. The van der Waals surface area contributed by atoms with Crippen molar-refractivity contribution in [3.8, 4) is 11.5 Å². The highest BCUT2D eigenvalue weighted by molar-refractivity contribution is 5.55. The smallest absolute Gasteiger partial charge is 0.163 e. The summed E-state index contributed by atoms with van der Waals surface area (Å²) in [5.74, 6) is 1.56. The van der Waals surface area contributed by atoms with Crippen LogP contribution in [0.1, 0.15) is 12.8 Å². The molecule has 1 unspecified atom stereocenters. The number of aliphatic hydroxyl groups excluding tert-OH is 1. The maximum absolute atomic E-state index is 10.0. The van der Waals surface area contributed by atoms with Crippen molar-refractivity contribution in [1.82, 2.24) is 4.90 Å². The van der Waals surface area contributed by atoms with Crippen molar-refractivity contribution in [2.75, 3.05) is 44.7 Å². The number of hydrogen-bond acceptors (Lipinski definition) is 5. The van der Waals surface area contributed by atoms with Crippen molar-refractivity contribution in [3.05, 3.63) is 18.2 Å². The number of rotatable bonds is 5. The second-order valence-electron chi connectivity index (χ2n) is 5.40. The Labute approximate surface area is 119 Å². The molecule has 110 valence electrons. The summed E-state index contributed by atoms with van der Waals surface area (Å²) >= 11 is 0. The van der Waals surface area contributed by atoms with Gasteiger partial charge in [-0.1, -0.05) is 0 Å². The zero-order valence-corrected chi connectivity index (χ0v) is 11.7. The Morgan fingerprint density at radius 3 is 2.70 bits per heavy atom. The van der Waals surface area contributed by atoms with Gasteiger partial charge in [0, 0.05) is 24.8 Å². The van der Waals surface area contributed by atoms with Crippen LogP contribution < -0.4 is 14.8 Å². The molecule has 0 bridgehead atoms. The number of benzene rings is 1. The van der Waals surface area contributed by atoms with Gasteiger partial charge in [-0.05, 0) is 38.1 Å². The fourth-order valence-electron chi connectivity index (χ4n) is 2.72. The van der Waals surface area contributed by atoms with Gasteiger partial charge in [-0.15, -0.1) is 0 Å². The minimum absolute atomic E-state index is 0.346. The molecule has 1 atom stereocenters. The van der Waals surface area contributed by atoms with E-state index in [-0.39, 0.29) is 6.10 Å². The number of hydrogen-bond donors (Lipinski definition) is 2. The first kappa shape index (κ1) is 13.5. The third-order valence-corrected chi connectivity index (χ3v) is 3.75. The molecular formula is C15H22N2O3. The zero-order valence-electron chi connectivity index (χ0n) is 11.7. The number of aliphatic hydroxyl groups is 1. The van der Waals surface area contributed by atoms with Gasteiger partial charge in [0.05, 0.1) is 6.10 Å². The van der Waals surface area contributed by atoms with Crippen molar-refractivity contribution in [2.24, 2.45) is 0 Å². The Hall–Kier alpha value is -1.46. The predicted molar refractivity (Wildman–Crippen MR) is 77.6 cm³/mol. The van der Waals surface area contributed by atoms with Crippen molar-refractivity contribution < 1.29 is 14.6 Å². The van der Waals surface area contributed by atoms with Gasteiger partial charge in [0.15, 0.2) is 11.5 Å². The molecule has 0 aliphatic carbocycles. The summed E-state index contributed by atoms with van der Waals surface area (Å²) in [5, 5.41) is 13.3. The highest BCUT2D eigenvalue weighted by Crippen LogP contribution is 2.32. The van der Waals surface area contributed by atoms with Gasteiger partial charge >= 0.3 is 0 Å². The third-order valence-electron chi connectivity index (χ3n) is 3.75. The van der Waals surface area contributed by atoms with Crippen LogP contribution in [0.4, 0.5) is 5.69 Å².